The molecule has 47 nitrogen and oxygen atoms in total. The van der Waals surface area contributed by atoms with Gasteiger partial charge in [-0.05, 0) is 49.4 Å². The lowest BCUT2D eigenvalue weighted by molar-refractivity contribution is -0.388. The molecule has 0 aromatic heterocycles. The molecule has 48 heteroatoms. The smallest absolute Gasteiger partial charge is 0.366 e. The zero-order valence-corrected chi connectivity index (χ0v) is 80.5. The summed E-state index contributed by atoms with van der Waals surface area (Å²) in [6.07, 6.45) is -53.8. The van der Waals surface area contributed by atoms with E-state index in [-0.39, 0.29) is 23.3 Å². The van der Waals surface area contributed by atoms with Crippen LogP contribution in [0.3, 0.4) is 0 Å². The molecule has 0 bridgehead atoms. The number of nitrogens with one attached hydrogen (secondary N) is 2. The van der Waals surface area contributed by atoms with Crippen molar-refractivity contribution in [3.63, 3.8) is 0 Å². The molecule has 0 unspecified atom stereocenters. The van der Waals surface area contributed by atoms with Gasteiger partial charge >= 0.3 is 95.5 Å². The summed E-state index contributed by atoms with van der Waals surface area (Å²) >= 11 is 0. The minimum absolute atomic E-state index is 0.0451. The molecule has 26 atom stereocenters. The molecular formula is C91H116N2O45Si. The van der Waals surface area contributed by atoms with Crippen molar-refractivity contribution in [2.24, 2.45) is 0 Å². The van der Waals surface area contributed by atoms with Gasteiger partial charge in [0.15, 0.2) is 80.1 Å². The lowest BCUT2D eigenvalue weighted by Gasteiger charge is -2.53. The van der Waals surface area contributed by atoms with Gasteiger partial charge in [0.25, 0.3) is 5.79 Å². The molecule has 3 aromatic rings. The van der Waals surface area contributed by atoms with Gasteiger partial charge in [-0.3, -0.25) is 67.1 Å². The maximum Gasteiger partial charge on any atom is 0.366 e. The third-order valence-electron chi connectivity index (χ3n) is 21.0. The van der Waals surface area contributed by atoms with Crippen LogP contribution in [0.2, 0.25) is 25.7 Å². The quantitative estimate of drug-likeness (QED) is 0.0467. The second kappa shape index (κ2) is 52.0. The van der Waals surface area contributed by atoms with Gasteiger partial charge in [-0.15, -0.1) is 0 Å². The number of benzene rings is 3. The molecule has 764 valence electrons. The van der Waals surface area contributed by atoms with Crippen molar-refractivity contribution in [2.45, 2.75) is 301 Å². The van der Waals surface area contributed by atoms with Crippen LogP contribution in [0.15, 0.2) is 91.0 Å². The van der Waals surface area contributed by atoms with Crippen molar-refractivity contribution in [1.29, 1.82) is 0 Å². The Balaban J connectivity index is 1.46. The topological polar surface area (TPSA) is 588 Å². The molecule has 3 aromatic carbocycles. The highest BCUT2D eigenvalue weighted by molar-refractivity contribution is 6.76. The molecule has 5 heterocycles. The maximum atomic E-state index is 15.9. The monoisotopic (exact) mass is 1980 g/mol. The summed E-state index contributed by atoms with van der Waals surface area (Å²) in [6.45, 7) is 13.9. The Morgan fingerprint density at radius 1 is 0.381 bits per heavy atom. The number of carbonyl (C=O) groups is 19. The summed E-state index contributed by atoms with van der Waals surface area (Å²) in [5, 5.41) is 5.13. The first-order valence-corrected chi connectivity index (χ1v) is 47.6. The van der Waals surface area contributed by atoms with Crippen LogP contribution in [0.25, 0.3) is 0 Å². The molecule has 0 saturated carbocycles. The van der Waals surface area contributed by atoms with Crippen LogP contribution in [0.4, 0.5) is 0 Å². The van der Waals surface area contributed by atoms with Crippen molar-refractivity contribution in [3.05, 3.63) is 108 Å². The second-order valence-corrected chi connectivity index (χ2v) is 39.3. The van der Waals surface area contributed by atoms with Gasteiger partial charge in [0.1, 0.15) is 106 Å². The van der Waals surface area contributed by atoms with Gasteiger partial charge in [-0.2, -0.15) is 0 Å². The Hall–Kier alpha value is -12.4. The van der Waals surface area contributed by atoms with Crippen LogP contribution in [0.5, 0.6) is 0 Å². The van der Waals surface area contributed by atoms with Crippen molar-refractivity contribution in [3.8, 4) is 0 Å². The first-order chi connectivity index (χ1) is 65.5. The number of carbonyl (C=O) groups excluding carboxylic acids is 19. The highest BCUT2D eigenvalue weighted by Gasteiger charge is 2.66. The Morgan fingerprint density at radius 3 is 1.22 bits per heavy atom. The minimum atomic E-state index is -3.49. The third kappa shape index (κ3) is 33.4. The normalized spacial score (nSPS) is 28.0. The number of ether oxygens (including phenoxy) is 26. The molecule has 139 heavy (non-hydrogen) atoms. The SMILES string of the molecule is COC(=O)[C@@]1(O[C@H]2[C@@H](OC(=O)c3ccccc3)[C@@H](COC(=O)c3ccccc3)O[C@@H](O[C@@H]3[C@@H](NC(C)=O)[C@H](O[C@@H]4[C@H](OC(=O)CCC(C)=O)[C@@H](OC(C)=O)[C@H](O[C@H]5[C@H](OC(C)=O)[C@@H](OC(C)=O)[C@H](OCC[Si](C)(C)C)O[C@@H]5COC(C)=O)O[C@@H]4COC(C)=O)O[C@H](COC(C)=O)[C@@H]3OC(C)=O)[C@@H]2OC(=O)c2ccccc2)C[C@H](OC(C)=O)[C@@H](NC(C)=O)[C@H]([C@H](OC(C)=O)[C@@H](COC(C)=O)OC(C)=O)O1. The van der Waals surface area contributed by atoms with E-state index in [2.05, 4.69) is 10.6 Å². The van der Waals surface area contributed by atoms with E-state index in [0.29, 0.717) is 6.04 Å². The van der Waals surface area contributed by atoms with Crippen LogP contribution >= 0.6 is 0 Å². The van der Waals surface area contributed by atoms with Crippen molar-refractivity contribution in [2.75, 3.05) is 46.8 Å². The van der Waals surface area contributed by atoms with Gasteiger partial charge in [-0.25, -0.2) is 19.2 Å². The van der Waals surface area contributed by atoms with Crippen molar-refractivity contribution < 1.29 is 214 Å². The number of hydrogen-bond acceptors (Lipinski definition) is 45. The van der Waals surface area contributed by atoms with Crippen LogP contribution < -0.4 is 10.6 Å². The van der Waals surface area contributed by atoms with Crippen molar-refractivity contribution in [1.82, 2.24) is 10.6 Å². The van der Waals surface area contributed by atoms with E-state index >= 15 is 14.4 Å². The van der Waals surface area contributed by atoms with Gasteiger partial charge in [0.05, 0.1) is 42.7 Å². The predicted octanol–water partition coefficient (Wildman–Crippen LogP) is 2.81. The Morgan fingerprint density at radius 2 is 0.770 bits per heavy atom. The van der Waals surface area contributed by atoms with Crippen LogP contribution in [-0.4, -0.2) is 327 Å². The van der Waals surface area contributed by atoms with E-state index in [1.165, 1.54) is 84.9 Å². The molecule has 0 aliphatic carbocycles. The molecule has 5 fully saturated rings. The van der Waals surface area contributed by atoms with Gasteiger partial charge in [0.2, 0.25) is 11.8 Å². The fourth-order valence-electron chi connectivity index (χ4n) is 15.4. The average molecular weight is 1990 g/mol. The van der Waals surface area contributed by atoms with E-state index in [4.69, 9.17) is 123 Å². The minimum Gasteiger partial charge on any atom is -0.465 e. The Bertz CT molecular complexity index is 4820. The number of Topliss-reactive ketones (excluding diaryl/α,β-unsaturated/α-hetero) is 1. The molecule has 2 N–H and O–H groups in total. The van der Waals surface area contributed by atoms with Crippen molar-refractivity contribution >= 4 is 121 Å². The van der Waals surface area contributed by atoms with E-state index < -0.39 is 332 Å². The zero-order chi connectivity index (χ0) is 103. The van der Waals surface area contributed by atoms with E-state index in [9.17, 15) is 76.7 Å². The fraction of sp³-hybridized carbons (Fsp3) is 0.593. The maximum absolute atomic E-state index is 15.9. The largest absolute Gasteiger partial charge is 0.465 e. The number of esters is 16. The Kier molecular flexibility index (Phi) is 41.9. The van der Waals surface area contributed by atoms with Gasteiger partial charge < -0.3 is 139 Å². The van der Waals surface area contributed by atoms with Gasteiger partial charge in [-0.1, -0.05) is 74.2 Å². The lowest BCUT2D eigenvalue weighted by atomic mass is 9.87. The average Bonchev–Trinajstić information content (AvgIpc) is 0.739. The number of rotatable bonds is 43. The number of ketones is 1. The molecule has 5 aliphatic heterocycles. The summed E-state index contributed by atoms with van der Waals surface area (Å²) in [5.41, 5.74) is -0.779. The van der Waals surface area contributed by atoms with Gasteiger partial charge in [0, 0.05) is 111 Å². The lowest BCUT2D eigenvalue weighted by Crippen LogP contribution is -2.73. The first-order valence-electron chi connectivity index (χ1n) is 43.9. The standard InChI is InChI=1S/C91H116N2O45Si/c1-44(94)34-35-67(108)131-78-73(65(42-118-50(7)100)129-88(81(78)126-57(14)107)135-72-64(41-117-49(6)99)128-87(114-36-37-139(16,17)18)80(125-56(13)106)77(72)124-55(12)105)134-86-69(93-46(3)96)75(70(122-53(10)103)63(127-86)40-116-48(5)98)136-89-82(133-85(111)60-32-26-21-27-33-60)79(74(132-84(110)59-30-24-20-25-31-59)66(130-89)43-119-83(109)58-28-22-19-23-29-58)138-91(90(112)113-15)38-61(120-51(8)101)68(92-45(2)95)76(137-91)71(123-54(11)104)62(121-52(9)102)39-115-47(4)97/h19-33,61-66,68-82,86-89H,34-43H2,1-18H3,(H,92,95)(H,93,96)/t61-,62+,63+,64+,65+,66+,68+,69+,70-,71+,72+,73-,74-,75+,76+,77-,78-,79-,80+,81+,82+,86-,87+,88-,89-,91-/m0/s1. The third-order valence-corrected chi connectivity index (χ3v) is 22.7. The van der Waals surface area contributed by atoms with E-state index in [1.54, 1.807) is 6.07 Å². The van der Waals surface area contributed by atoms with Crippen LogP contribution in [-0.2, 0) is 200 Å². The predicted molar refractivity (Wildman–Crippen MR) is 461 cm³/mol. The number of amides is 2. The van der Waals surface area contributed by atoms with Crippen LogP contribution in [0, 0.1) is 0 Å². The molecule has 2 amide bonds. The molecule has 0 spiro atoms. The molecule has 0 radical (unpaired) electrons. The molecular weight excluding hydrogens is 1870 g/mol. The Labute approximate surface area is 798 Å². The summed E-state index contributed by atoms with van der Waals surface area (Å²) < 4.78 is 162. The number of hydrogen-bond donors (Lipinski definition) is 2. The highest BCUT2D eigenvalue weighted by atomic mass is 28.3. The summed E-state index contributed by atoms with van der Waals surface area (Å²) in [7, 11) is -1.19. The van der Waals surface area contributed by atoms with E-state index in [0.717, 1.165) is 104 Å². The fourth-order valence-corrected chi connectivity index (χ4v) is 16.1. The zero-order valence-electron chi connectivity index (χ0n) is 79.5. The molecule has 5 aliphatic rings. The van der Waals surface area contributed by atoms with Crippen LogP contribution in [0.1, 0.15) is 147 Å². The molecule has 8 rings (SSSR count). The summed E-state index contributed by atoms with van der Waals surface area (Å²) in [4.78, 5) is 265. The second-order valence-electron chi connectivity index (χ2n) is 33.7. The highest BCUT2D eigenvalue weighted by Crippen LogP contribution is 2.45. The van der Waals surface area contributed by atoms with E-state index in [1.807, 2.05) is 19.6 Å². The summed E-state index contributed by atoms with van der Waals surface area (Å²) in [6, 6.07) is 16.8. The molecule has 5 saturated heterocycles. The number of methoxy groups -OCH3 is 1. The summed E-state index contributed by atoms with van der Waals surface area (Å²) in [5.74, 6) is -25.3. The first kappa shape index (κ1) is 112.